The Labute approximate surface area is 120 Å². The highest BCUT2D eigenvalue weighted by Gasteiger charge is 2.39. The molecule has 94 valence electrons. The van der Waals surface area contributed by atoms with Crippen LogP contribution in [0.1, 0.15) is 35.2 Å². The van der Waals surface area contributed by atoms with Crippen LogP contribution in [0.15, 0.2) is 18.2 Å². The molecule has 0 amide bonds. The first-order chi connectivity index (χ1) is 8.49. The Bertz CT molecular complexity index is 625. The summed E-state index contributed by atoms with van der Waals surface area (Å²) in [5, 5.41) is -0.165. The highest BCUT2D eigenvalue weighted by atomic mass is 35.5. The predicted octanol–water partition coefficient (Wildman–Crippen LogP) is 4.64. The fourth-order valence-corrected chi connectivity index (χ4v) is 3.04. The molecule has 0 bridgehead atoms. The SMILES string of the molecule is Cc1cccc2nc3c(nc12)C(Cl)CCC3(Cl)Cl. The van der Waals surface area contributed by atoms with Crippen LogP contribution >= 0.6 is 34.8 Å². The number of hydrogen-bond acceptors (Lipinski definition) is 2. The van der Waals surface area contributed by atoms with Gasteiger partial charge in [0.1, 0.15) is 5.69 Å². The van der Waals surface area contributed by atoms with Gasteiger partial charge in [0.15, 0.2) is 4.33 Å². The van der Waals surface area contributed by atoms with E-state index in [2.05, 4.69) is 9.97 Å². The van der Waals surface area contributed by atoms with Gasteiger partial charge in [0.2, 0.25) is 0 Å². The quantitative estimate of drug-likeness (QED) is 0.662. The van der Waals surface area contributed by atoms with Crippen LogP contribution < -0.4 is 0 Å². The van der Waals surface area contributed by atoms with Crippen molar-refractivity contribution in [2.24, 2.45) is 0 Å². The Morgan fingerprint density at radius 3 is 2.83 bits per heavy atom. The van der Waals surface area contributed by atoms with E-state index in [1.807, 2.05) is 25.1 Å². The molecule has 2 nitrogen and oxygen atoms in total. The third-order valence-corrected chi connectivity index (χ3v) is 4.44. The molecule has 1 atom stereocenters. The van der Waals surface area contributed by atoms with Crippen molar-refractivity contribution in [2.45, 2.75) is 29.5 Å². The maximum Gasteiger partial charge on any atom is 0.161 e. The topological polar surface area (TPSA) is 25.8 Å². The molecule has 1 heterocycles. The number of alkyl halides is 3. The summed E-state index contributed by atoms with van der Waals surface area (Å²) in [7, 11) is 0. The number of benzene rings is 1. The van der Waals surface area contributed by atoms with Crippen molar-refractivity contribution < 1.29 is 0 Å². The fourth-order valence-electron chi connectivity index (χ4n) is 2.28. The lowest BCUT2D eigenvalue weighted by molar-refractivity contribution is 0.584. The first-order valence-corrected chi connectivity index (χ1v) is 6.98. The number of fused-ring (bicyclic) bond motifs is 2. The second-order valence-electron chi connectivity index (χ2n) is 4.61. The average Bonchev–Trinajstić information content (AvgIpc) is 2.34. The van der Waals surface area contributed by atoms with Crippen molar-refractivity contribution in [2.75, 3.05) is 0 Å². The van der Waals surface area contributed by atoms with Crippen LogP contribution in [0.3, 0.4) is 0 Å². The molecule has 1 aromatic carbocycles. The molecule has 1 aliphatic rings. The summed E-state index contributed by atoms with van der Waals surface area (Å²) in [6, 6.07) is 5.87. The molecule has 0 radical (unpaired) electrons. The summed E-state index contributed by atoms with van der Waals surface area (Å²) in [5.74, 6) is 0. The van der Waals surface area contributed by atoms with Gasteiger partial charge in [-0.05, 0) is 31.4 Å². The van der Waals surface area contributed by atoms with Crippen molar-refractivity contribution in [1.29, 1.82) is 0 Å². The Morgan fingerprint density at radius 2 is 2.06 bits per heavy atom. The van der Waals surface area contributed by atoms with Gasteiger partial charge in [-0.2, -0.15) is 0 Å². The molecule has 0 aliphatic heterocycles. The molecule has 0 spiro atoms. The summed E-state index contributed by atoms with van der Waals surface area (Å²) >= 11 is 18.9. The van der Waals surface area contributed by atoms with E-state index in [9.17, 15) is 0 Å². The first kappa shape index (κ1) is 12.5. The maximum atomic E-state index is 6.31. The van der Waals surface area contributed by atoms with E-state index < -0.39 is 4.33 Å². The van der Waals surface area contributed by atoms with E-state index in [0.717, 1.165) is 22.3 Å². The van der Waals surface area contributed by atoms with E-state index in [0.29, 0.717) is 18.5 Å². The summed E-state index contributed by atoms with van der Waals surface area (Å²) in [6.07, 6.45) is 1.32. The monoisotopic (exact) mass is 300 g/mol. The summed E-state index contributed by atoms with van der Waals surface area (Å²) < 4.78 is -0.980. The molecular weight excluding hydrogens is 291 g/mol. The van der Waals surface area contributed by atoms with Crippen LogP contribution in [0.2, 0.25) is 0 Å². The Hall–Kier alpha value is -0.570. The predicted molar refractivity (Wildman–Crippen MR) is 75.5 cm³/mol. The van der Waals surface area contributed by atoms with Gasteiger partial charge >= 0.3 is 0 Å². The average molecular weight is 302 g/mol. The zero-order chi connectivity index (χ0) is 12.9. The molecule has 0 saturated carbocycles. The van der Waals surface area contributed by atoms with Gasteiger partial charge < -0.3 is 0 Å². The standard InChI is InChI=1S/C13H11Cl3N2/c1-7-3-2-4-9-10(7)18-11-8(14)5-6-13(15,16)12(11)17-9/h2-4,8H,5-6H2,1H3. The Kier molecular flexibility index (Phi) is 2.92. The van der Waals surface area contributed by atoms with Gasteiger partial charge in [-0.15, -0.1) is 11.6 Å². The van der Waals surface area contributed by atoms with Crippen molar-refractivity contribution in [3.8, 4) is 0 Å². The van der Waals surface area contributed by atoms with Gasteiger partial charge in [-0.25, -0.2) is 9.97 Å². The number of aromatic nitrogens is 2. The van der Waals surface area contributed by atoms with Crippen LogP contribution in [0, 0.1) is 6.92 Å². The number of halogens is 3. The number of rotatable bonds is 0. The van der Waals surface area contributed by atoms with E-state index in [1.165, 1.54) is 0 Å². The molecular formula is C13H11Cl3N2. The van der Waals surface area contributed by atoms with Crippen molar-refractivity contribution in [3.05, 3.63) is 35.2 Å². The van der Waals surface area contributed by atoms with Crippen molar-refractivity contribution >= 4 is 45.8 Å². The number of hydrogen-bond donors (Lipinski definition) is 0. The fraction of sp³-hybridized carbons (Fsp3) is 0.385. The normalized spacial score (nSPS) is 21.9. The van der Waals surface area contributed by atoms with Crippen LogP contribution in [-0.2, 0) is 4.33 Å². The minimum absolute atomic E-state index is 0.165. The van der Waals surface area contributed by atoms with Gasteiger partial charge in [-0.3, -0.25) is 0 Å². The highest BCUT2D eigenvalue weighted by Crippen LogP contribution is 2.48. The van der Waals surface area contributed by atoms with Gasteiger partial charge in [0, 0.05) is 0 Å². The first-order valence-electron chi connectivity index (χ1n) is 5.79. The van der Waals surface area contributed by atoms with E-state index in [-0.39, 0.29) is 5.38 Å². The van der Waals surface area contributed by atoms with Crippen LogP contribution in [0.5, 0.6) is 0 Å². The number of para-hydroxylation sites is 1. The molecule has 0 N–H and O–H groups in total. The second kappa shape index (κ2) is 4.22. The maximum absolute atomic E-state index is 6.31. The van der Waals surface area contributed by atoms with E-state index in [4.69, 9.17) is 34.8 Å². The Balaban J connectivity index is 2.35. The minimum atomic E-state index is -0.980. The molecule has 2 aromatic rings. The number of nitrogens with zero attached hydrogens (tertiary/aromatic N) is 2. The summed E-state index contributed by atoms with van der Waals surface area (Å²) in [4.78, 5) is 9.20. The molecule has 0 saturated heterocycles. The van der Waals surface area contributed by atoms with Gasteiger partial charge in [0.25, 0.3) is 0 Å². The zero-order valence-electron chi connectivity index (χ0n) is 9.75. The molecule has 1 unspecified atom stereocenters. The molecule has 3 rings (SSSR count). The summed E-state index contributed by atoms with van der Waals surface area (Å²) in [5.41, 5.74) is 4.08. The van der Waals surface area contributed by atoms with Crippen LogP contribution in [-0.4, -0.2) is 9.97 Å². The lowest BCUT2D eigenvalue weighted by Gasteiger charge is -2.29. The van der Waals surface area contributed by atoms with Gasteiger partial charge in [0.05, 0.1) is 22.1 Å². The Morgan fingerprint density at radius 1 is 1.28 bits per heavy atom. The van der Waals surface area contributed by atoms with Crippen LogP contribution in [0.25, 0.3) is 11.0 Å². The third kappa shape index (κ3) is 1.87. The molecule has 0 fully saturated rings. The minimum Gasteiger partial charge on any atom is -0.247 e. The largest absolute Gasteiger partial charge is 0.247 e. The zero-order valence-corrected chi connectivity index (χ0v) is 12.0. The lowest BCUT2D eigenvalue weighted by atomic mass is 9.98. The van der Waals surface area contributed by atoms with E-state index in [1.54, 1.807) is 0 Å². The smallest absolute Gasteiger partial charge is 0.161 e. The van der Waals surface area contributed by atoms with Crippen LogP contribution in [0.4, 0.5) is 0 Å². The highest BCUT2D eigenvalue weighted by molar-refractivity contribution is 6.48. The lowest BCUT2D eigenvalue weighted by Crippen LogP contribution is -2.23. The summed E-state index contributed by atoms with van der Waals surface area (Å²) in [6.45, 7) is 2.00. The number of aryl methyl sites for hydroxylation is 1. The van der Waals surface area contributed by atoms with Crippen molar-refractivity contribution in [1.82, 2.24) is 9.97 Å². The molecule has 1 aromatic heterocycles. The van der Waals surface area contributed by atoms with E-state index >= 15 is 0 Å². The van der Waals surface area contributed by atoms with Gasteiger partial charge in [-0.1, -0.05) is 35.3 Å². The second-order valence-corrected chi connectivity index (χ2v) is 6.62. The third-order valence-electron chi connectivity index (χ3n) is 3.28. The molecule has 18 heavy (non-hydrogen) atoms. The molecule has 5 heteroatoms. The molecule has 1 aliphatic carbocycles. The van der Waals surface area contributed by atoms with Crippen molar-refractivity contribution in [3.63, 3.8) is 0 Å².